The predicted octanol–water partition coefficient (Wildman–Crippen LogP) is 2.63. The van der Waals surface area contributed by atoms with Crippen molar-refractivity contribution in [1.29, 1.82) is 0 Å². The SMILES string of the molecule is CCOc1ccc(NC(=O)N[C@H](C)CCO)cc1Cl. The Morgan fingerprint density at radius 3 is 2.84 bits per heavy atom. The van der Waals surface area contributed by atoms with E-state index in [0.717, 1.165) is 0 Å². The van der Waals surface area contributed by atoms with Crippen LogP contribution in [-0.2, 0) is 0 Å². The van der Waals surface area contributed by atoms with Crippen molar-refractivity contribution in [2.45, 2.75) is 26.3 Å². The lowest BCUT2D eigenvalue weighted by molar-refractivity contribution is 0.241. The summed E-state index contributed by atoms with van der Waals surface area (Å²) in [4.78, 5) is 11.6. The van der Waals surface area contributed by atoms with E-state index in [1.807, 2.05) is 13.8 Å². The van der Waals surface area contributed by atoms with Gasteiger partial charge in [0.15, 0.2) is 0 Å². The Kier molecular flexibility index (Phi) is 6.45. The first-order valence-electron chi connectivity index (χ1n) is 6.17. The Labute approximate surface area is 117 Å². The molecule has 0 aliphatic carbocycles. The number of carbonyl (C=O) groups is 1. The number of hydrogen-bond acceptors (Lipinski definition) is 3. The van der Waals surface area contributed by atoms with E-state index in [4.69, 9.17) is 21.4 Å². The van der Waals surface area contributed by atoms with Gasteiger partial charge in [-0.25, -0.2) is 4.79 Å². The fourth-order valence-corrected chi connectivity index (χ4v) is 1.74. The first-order valence-corrected chi connectivity index (χ1v) is 6.55. The summed E-state index contributed by atoms with van der Waals surface area (Å²) in [5.41, 5.74) is 0.585. The zero-order valence-corrected chi connectivity index (χ0v) is 11.8. The Balaban J connectivity index is 2.57. The van der Waals surface area contributed by atoms with E-state index < -0.39 is 0 Å². The van der Waals surface area contributed by atoms with Crippen molar-refractivity contribution in [3.63, 3.8) is 0 Å². The van der Waals surface area contributed by atoms with Crippen LogP contribution in [0, 0.1) is 0 Å². The Hall–Kier alpha value is -1.46. The summed E-state index contributed by atoms with van der Waals surface area (Å²) >= 11 is 6.02. The zero-order chi connectivity index (χ0) is 14.3. The van der Waals surface area contributed by atoms with E-state index in [2.05, 4.69) is 10.6 Å². The van der Waals surface area contributed by atoms with Crippen LogP contribution in [0.15, 0.2) is 18.2 Å². The number of amides is 2. The number of hydrogen-bond donors (Lipinski definition) is 3. The maximum atomic E-state index is 11.6. The van der Waals surface area contributed by atoms with Crippen LogP contribution in [0.1, 0.15) is 20.3 Å². The lowest BCUT2D eigenvalue weighted by Crippen LogP contribution is -2.36. The van der Waals surface area contributed by atoms with Crippen molar-refractivity contribution in [3.05, 3.63) is 23.2 Å². The molecule has 0 radical (unpaired) electrons. The summed E-state index contributed by atoms with van der Waals surface area (Å²) in [7, 11) is 0. The third-order valence-electron chi connectivity index (χ3n) is 2.43. The topological polar surface area (TPSA) is 70.6 Å². The average Bonchev–Trinajstić information content (AvgIpc) is 2.32. The van der Waals surface area contributed by atoms with E-state index in [9.17, 15) is 4.79 Å². The summed E-state index contributed by atoms with van der Waals surface area (Å²) in [5, 5.41) is 14.6. The molecule has 0 saturated heterocycles. The van der Waals surface area contributed by atoms with Crippen LogP contribution in [-0.4, -0.2) is 30.4 Å². The van der Waals surface area contributed by atoms with Gasteiger partial charge in [-0.05, 0) is 38.5 Å². The molecule has 1 rings (SSSR count). The zero-order valence-electron chi connectivity index (χ0n) is 11.1. The van der Waals surface area contributed by atoms with Gasteiger partial charge in [0.2, 0.25) is 0 Å². The molecule has 0 aliphatic rings. The van der Waals surface area contributed by atoms with E-state index in [1.165, 1.54) is 0 Å². The molecular formula is C13H19ClN2O3. The van der Waals surface area contributed by atoms with Crippen LogP contribution in [0.25, 0.3) is 0 Å². The summed E-state index contributed by atoms with van der Waals surface area (Å²) in [5.74, 6) is 0.587. The molecule has 1 aromatic rings. The number of ether oxygens (including phenoxy) is 1. The van der Waals surface area contributed by atoms with Gasteiger partial charge in [0, 0.05) is 18.3 Å². The van der Waals surface area contributed by atoms with Gasteiger partial charge in [0.1, 0.15) is 5.75 Å². The molecule has 0 bridgehead atoms. The molecule has 0 saturated carbocycles. The van der Waals surface area contributed by atoms with Crippen molar-refractivity contribution in [1.82, 2.24) is 5.32 Å². The maximum Gasteiger partial charge on any atom is 0.319 e. The summed E-state index contributed by atoms with van der Waals surface area (Å²) < 4.78 is 5.31. The molecule has 0 aromatic heterocycles. The predicted molar refractivity (Wildman–Crippen MR) is 75.9 cm³/mol. The lowest BCUT2D eigenvalue weighted by Gasteiger charge is -2.14. The third-order valence-corrected chi connectivity index (χ3v) is 2.72. The molecule has 106 valence electrons. The van der Waals surface area contributed by atoms with Crippen molar-refractivity contribution in [2.75, 3.05) is 18.5 Å². The molecule has 3 N–H and O–H groups in total. The fraction of sp³-hybridized carbons (Fsp3) is 0.462. The Morgan fingerprint density at radius 1 is 1.53 bits per heavy atom. The first-order chi connectivity index (χ1) is 9.06. The highest BCUT2D eigenvalue weighted by Gasteiger charge is 2.08. The molecule has 0 heterocycles. The molecular weight excluding hydrogens is 268 g/mol. The molecule has 0 fully saturated rings. The third kappa shape index (κ3) is 5.36. The number of aliphatic hydroxyl groups is 1. The van der Waals surface area contributed by atoms with Gasteiger partial charge >= 0.3 is 6.03 Å². The van der Waals surface area contributed by atoms with Crippen molar-refractivity contribution in [3.8, 4) is 5.75 Å². The number of anilines is 1. The van der Waals surface area contributed by atoms with Crippen LogP contribution in [0.3, 0.4) is 0 Å². The first kappa shape index (κ1) is 15.6. The molecule has 1 atom stereocenters. The van der Waals surface area contributed by atoms with E-state index in [-0.39, 0.29) is 18.7 Å². The van der Waals surface area contributed by atoms with Crippen LogP contribution in [0.5, 0.6) is 5.75 Å². The maximum absolute atomic E-state index is 11.6. The average molecular weight is 287 g/mol. The molecule has 0 spiro atoms. The van der Waals surface area contributed by atoms with E-state index in [1.54, 1.807) is 18.2 Å². The number of aliphatic hydroxyl groups excluding tert-OH is 1. The van der Waals surface area contributed by atoms with Gasteiger partial charge in [-0.1, -0.05) is 11.6 Å². The standard InChI is InChI=1S/C13H19ClN2O3/c1-3-19-12-5-4-10(8-11(12)14)16-13(18)15-9(2)6-7-17/h4-5,8-9,17H,3,6-7H2,1-2H3,(H2,15,16,18)/t9-/m1/s1. The second-order valence-corrected chi connectivity index (χ2v) is 4.50. The van der Waals surface area contributed by atoms with Crippen LogP contribution >= 0.6 is 11.6 Å². The monoisotopic (exact) mass is 286 g/mol. The minimum Gasteiger partial charge on any atom is -0.492 e. The largest absolute Gasteiger partial charge is 0.492 e. The molecule has 1 aromatic carbocycles. The molecule has 6 heteroatoms. The van der Waals surface area contributed by atoms with Gasteiger partial charge in [-0.15, -0.1) is 0 Å². The van der Waals surface area contributed by atoms with Gasteiger partial charge < -0.3 is 20.5 Å². The van der Waals surface area contributed by atoms with Crippen LogP contribution in [0.4, 0.5) is 10.5 Å². The van der Waals surface area contributed by atoms with Crippen LogP contribution in [0.2, 0.25) is 5.02 Å². The number of benzene rings is 1. The molecule has 0 unspecified atom stereocenters. The summed E-state index contributed by atoms with van der Waals surface area (Å²) in [6.45, 7) is 4.27. The summed E-state index contributed by atoms with van der Waals surface area (Å²) in [6.07, 6.45) is 0.511. The normalized spacial score (nSPS) is 11.8. The number of carbonyl (C=O) groups excluding carboxylic acids is 1. The quantitative estimate of drug-likeness (QED) is 0.753. The van der Waals surface area contributed by atoms with Gasteiger partial charge in [-0.2, -0.15) is 0 Å². The number of nitrogens with one attached hydrogen (secondary N) is 2. The van der Waals surface area contributed by atoms with Crippen molar-refractivity contribution < 1.29 is 14.6 Å². The van der Waals surface area contributed by atoms with Gasteiger partial charge in [0.05, 0.1) is 11.6 Å². The molecule has 2 amide bonds. The van der Waals surface area contributed by atoms with Gasteiger partial charge in [0.25, 0.3) is 0 Å². The molecule has 0 aliphatic heterocycles. The Bertz CT molecular complexity index is 426. The minimum atomic E-state index is -0.332. The van der Waals surface area contributed by atoms with Gasteiger partial charge in [-0.3, -0.25) is 0 Å². The highest BCUT2D eigenvalue weighted by Crippen LogP contribution is 2.27. The van der Waals surface area contributed by atoms with Crippen LogP contribution < -0.4 is 15.4 Å². The molecule has 19 heavy (non-hydrogen) atoms. The highest BCUT2D eigenvalue weighted by molar-refractivity contribution is 6.32. The lowest BCUT2D eigenvalue weighted by atomic mass is 10.2. The fourth-order valence-electron chi connectivity index (χ4n) is 1.51. The van der Waals surface area contributed by atoms with Crippen molar-refractivity contribution >= 4 is 23.3 Å². The smallest absolute Gasteiger partial charge is 0.319 e. The van der Waals surface area contributed by atoms with Crippen molar-refractivity contribution in [2.24, 2.45) is 0 Å². The Morgan fingerprint density at radius 2 is 2.26 bits per heavy atom. The second kappa shape index (κ2) is 7.86. The summed E-state index contributed by atoms with van der Waals surface area (Å²) in [6, 6.07) is 4.62. The number of urea groups is 1. The number of rotatable bonds is 6. The number of halogens is 1. The molecule has 5 nitrogen and oxygen atoms in total. The minimum absolute atomic E-state index is 0.0380. The highest BCUT2D eigenvalue weighted by atomic mass is 35.5. The van der Waals surface area contributed by atoms with E-state index >= 15 is 0 Å². The second-order valence-electron chi connectivity index (χ2n) is 4.09. The van der Waals surface area contributed by atoms with E-state index in [0.29, 0.717) is 29.5 Å².